The summed E-state index contributed by atoms with van der Waals surface area (Å²) < 4.78 is 0. The van der Waals surface area contributed by atoms with Gasteiger partial charge in [-0.3, -0.25) is 0 Å². The summed E-state index contributed by atoms with van der Waals surface area (Å²) in [4.78, 5) is 2.67. The van der Waals surface area contributed by atoms with E-state index in [9.17, 15) is 0 Å². The van der Waals surface area contributed by atoms with Crippen LogP contribution in [0.2, 0.25) is 0 Å². The maximum atomic E-state index is 2.67. The van der Waals surface area contributed by atoms with Crippen LogP contribution in [0.4, 0.5) is 0 Å². The molecule has 0 bridgehead atoms. The molecule has 0 aromatic rings. The highest BCUT2D eigenvalue weighted by molar-refractivity contribution is 4.77. The number of rotatable bonds is 3. The van der Waals surface area contributed by atoms with E-state index in [1.165, 1.54) is 32.4 Å². The first kappa shape index (κ1) is 11.0. The molecule has 78 valence electrons. The zero-order valence-electron chi connectivity index (χ0n) is 9.71. The van der Waals surface area contributed by atoms with Crippen LogP contribution in [0.1, 0.15) is 47.0 Å². The van der Waals surface area contributed by atoms with Gasteiger partial charge in [-0.2, -0.15) is 0 Å². The summed E-state index contributed by atoms with van der Waals surface area (Å²) in [5, 5.41) is 0. The van der Waals surface area contributed by atoms with Crippen molar-refractivity contribution < 1.29 is 0 Å². The van der Waals surface area contributed by atoms with E-state index >= 15 is 0 Å². The van der Waals surface area contributed by atoms with Gasteiger partial charge in [-0.05, 0) is 44.6 Å². The fourth-order valence-electron chi connectivity index (χ4n) is 2.24. The highest BCUT2D eigenvalue weighted by atomic mass is 15.2. The van der Waals surface area contributed by atoms with Gasteiger partial charge >= 0.3 is 0 Å². The Bertz CT molecular complexity index is 142. The summed E-state index contributed by atoms with van der Waals surface area (Å²) in [5.74, 6) is 1.81. The van der Waals surface area contributed by atoms with Crippen LogP contribution in [-0.2, 0) is 0 Å². The third kappa shape index (κ3) is 2.98. The Morgan fingerprint density at radius 2 is 2.00 bits per heavy atom. The zero-order valence-corrected chi connectivity index (χ0v) is 9.71. The van der Waals surface area contributed by atoms with Gasteiger partial charge in [0, 0.05) is 12.6 Å². The van der Waals surface area contributed by atoms with Gasteiger partial charge in [-0.1, -0.05) is 20.8 Å². The molecule has 0 aromatic heterocycles. The van der Waals surface area contributed by atoms with E-state index in [-0.39, 0.29) is 0 Å². The van der Waals surface area contributed by atoms with Crippen LogP contribution < -0.4 is 0 Å². The lowest BCUT2D eigenvalue weighted by Crippen LogP contribution is -2.42. The molecule has 1 rings (SSSR count). The molecular formula is C12H25N. The van der Waals surface area contributed by atoms with Crippen LogP contribution >= 0.6 is 0 Å². The van der Waals surface area contributed by atoms with E-state index < -0.39 is 0 Å². The maximum Gasteiger partial charge on any atom is 0.00644 e. The Hall–Kier alpha value is -0.0400. The SMILES string of the molecule is CCC(C)N1CCCC(C(C)C)C1. The second-order valence-electron chi connectivity index (χ2n) is 4.90. The number of hydrogen-bond donors (Lipinski definition) is 0. The molecular weight excluding hydrogens is 158 g/mol. The topological polar surface area (TPSA) is 3.24 Å². The lowest BCUT2D eigenvalue weighted by molar-refractivity contribution is 0.107. The van der Waals surface area contributed by atoms with Gasteiger partial charge in [0.2, 0.25) is 0 Å². The minimum atomic E-state index is 0.793. The van der Waals surface area contributed by atoms with Crippen LogP contribution in [0.5, 0.6) is 0 Å². The molecule has 0 aliphatic carbocycles. The van der Waals surface area contributed by atoms with Crippen molar-refractivity contribution in [3.05, 3.63) is 0 Å². The molecule has 1 aliphatic rings. The van der Waals surface area contributed by atoms with Gasteiger partial charge in [0.15, 0.2) is 0 Å². The molecule has 0 amide bonds. The van der Waals surface area contributed by atoms with Crippen molar-refractivity contribution in [2.24, 2.45) is 11.8 Å². The third-order valence-corrected chi connectivity index (χ3v) is 3.65. The summed E-state index contributed by atoms with van der Waals surface area (Å²) in [6, 6.07) is 0.793. The molecule has 2 unspecified atom stereocenters. The molecule has 0 N–H and O–H groups in total. The van der Waals surface area contributed by atoms with Gasteiger partial charge in [0.05, 0.1) is 0 Å². The summed E-state index contributed by atoms with van der Waals surface area (Å²) >= 11 is 0. The normalized spacial score (nSPS) is 27.9. The molecule has 1 saturated heterocycles. The van der Waals surface area contributed by atoms with Crippen LogP contribution in [0.3, 0.4) is 0 Å². The van der Waals surface area contributed by atoms with Crippen molar-refractivity contribution in [3.63, 3.8) is 0 Å². The van der Waals surface area contributed by atoms with Crippen molar-refractivity contribution in [1.82, 2.24) is 4.90 Å². The molecule has 0 saturated carbocycles. The summed E-state index contributed by atoms with van der Waals surface area (Å²) in [6.45, 7) is 12.1. The van der Waals surface area contributed by atoms with Crippen molar-refractivity contribution in [2.75, 3.05) is 13.1 Å². The van der Waals surface area contributed by atoms with E-state index in [1.807, 2.05) is 0 Å². The zero-order chi connectivity index (χ0) is 9.84. The molecule has 1 fully saturated rings. The Balaban J connectivity index is 2.41. The fourth-order valence-corrected chi connectivity index (χ4v) is 2.24. The van der Waals surface area contributed by atoms with E-state index in [1.54, 1.807) is 0 Å². The van der Waals surface area contributed by atoms with E-state index in [2.05, 4.69) is 32.6 Å². The molecule has 0 aromatic carbocycles. The molecule has 0 spiro atoms. The Labute approximate surface area is 83.5 Å². The van der Waals surface area contributed by atoms with E-state index in [4.69, 9.17) is 0 Å². The lowest BCUT2D eigenvalue weighted by Gasteiger charge is -2.38. The van der Waals surface area contributed by atoms with E-state index in [0.29, 0.717) is 0 Å². The van der Waals surface area contributed by atoms with Crippen molar-refractivity contribution in [1.29, 1.82) is 0 Å². The van der Waals surface area contributed by atoms with Gasteiger partial charge in [-0.25, -0.2) is 0 Å². The maximum absolute atomic E-state index is 2.67. The highest BCUT2D eigenvalue weighted by Crippen LogP contribution is 2.25. The van der Waals surface area contributed by atoms with Gasteiger partial charge < -0.3 is 4.90 Å². The first-order chi connectivity index (χ1) is 6.15. The quantitative estimate of drug-likeness (QED) is 0.649. The predicted molar refractivity (Wildman–Crippen MR) is 58.9 cm³/mol. The average molecular weight is 183 g/mol. The van der Waals surface area contributed by atoms with E-state index in [0.717, 1.165) is 17.9 Å². The molecule has 13 heavy (non-hydrogen) atoms. The monoisotopic (exact) mass is 183 g/mol. The van der Waals surface area contributed by atoms with Crippen molar-refractivity contribution >= 4 is 0 Å². The minimum absolute atomic E-state index is 0.793. The molecule has 1 heterocycles. The number of piperidine rings is 1. The third-order valence-electron chi connectivity index (χ3n) is 3.65. The Morgan fingerprint density at radius 1 is 1.31 bits per heavy atom. The van der Waals surface area contributed by atoms with Gasteiger partial charge in [-0.15, -0.1) is 0 Å². The summed E-state index contributed by atoms with van der Waals surface area (Å²) in [6.07, 6.45) is 4.16. The Morgan fingerprint density at radius 3 is 2.54 bits per heavy atom. The fraction of sp³-hybridized carbons (Fsp3) is 1.00. The molecule has 2 atom stereocenters. The molecule has 0 radical (unpaired) electrons. The first-order valence-electron chi connectivity index (χ1n) is 5.89. The van der Waals surface area contributed by atoms with Crippen molar-refractivity contribution in [3.8, 4) is 0 Å². The predicted octanol–water partition coefficient (Wildman–Crippen LogP) is 3.15. The average Bonchev–Trinajstić information content (AvgIpc) is 2.17. The molecule has 1 nitrogen and oxygen atoms in total. The standard InChI is InChI=1S/C12H25N/c1-5-11(4)13-8-6-7-12(9-13)10(2)3/h10-12H,5-9H2,1-4H3. The van der Waals surface area contributed by atoms with Crippen LogP contribution in [0.25, 0.3) is 0 Å². The number of nitrogens with zero attached hydrogens (tertiary/aromatic N) is 1. The highest BCUT2D eigenvalue weighted by Gasteiger charge is 2.24. The Kier molecular flexibility index (Phi) is 4.24. The minimum Gasteiger partial charge on any atom is -0.300 e. The first-order valence-corrected chi connectivity index (χ1v) is 5.89. The smallest absolute Gasteiger partial charge is 0.00644 e. The van der Waals surface area contributed by atoms with Gasteiger partial charge in [0.1, 0.15) is 0 Å². The second-order valence-corrected chi connectivity index (χ2v) is 4.90. The number of likely N-dealkylation sites (tertiary alicyclic amines) is 1. The van der Waals surface area contributed by atoms with Crippen LogP contribution in [0, 0.1) is 11.8 Å². The molecule has 1 aliphatic heterocycles. The van der Waals surface area contributed by atoms with Crippen molar-refractivity contribution in [2.45, 2.75) is 53.0 Å². The largest absolute Gasteiger partial charge is 0.300 e. The van der Waals surface area contributed by atoms with Gasteiger partial charge in [0.25, 0.3) is 0 Å². The molecule has 1 heteroatoms. The summed E-state index contributed by atoms with van der Waals surface area (Å²) in [5.41, 5.74) is 0. The lowest BCUT2D eigenvalue weighted by atomic mass is 9.87. The number of hydrogen-bond acceptors (Lipinski definition) is 1. The second kappa shape index (κ2) is 4.99. The summed E-state index contributed by atoms with van der Waals surface area (Å²) in [7, 11) is 0. The van der Waals surface area contributed by atoms with Crippen LogP contribution in [-0.4, -0.2) is 24.0 Å². The van der Waals surface area contributed by atoms with Crippen LogP contribution in [0.15, 0.2) is 0 Å².